The van der Waals surface area contributed by atoms with Crippen LogP contribution in [0.3, 0.4) is 0 Å². The highest BCUT2D eigenvalue weighted by Gasteiger charge is 2.29. The Balaban J connectivity index is 1.58. The number of hydrogen-bond acceptors (Lipinski definition) is 4. The molecule has 0 radical (unpaired) electrons. The lowest BCUT2D eigenvalue weighted by Crippen LogP contribution is -2.31. The van der Waals surface area contributed by atoms with E-state index in [1.165, 1.54) is 0 Å². The Kier molecular flexibility index (Phi) is 5.63. The van der Waals surface area contributed by atoms with Gasteiger partial charge in [-0.25, -0.2) is 0 Å². The molecule has 1 aliphatic rings. The van der Waals surface area contributed by atoms with Gasteiger partial charge in [-0.3, -0.25) is 9.59 Å². The Morgan fingerprint density at radius 1 is 1.27 bits per heavy atom. The van der Waals surface area contributed by atoms with Crippen molar-refractivity contribution < 1.29 is 19.1 Å². The zero-order valence-corrected chi connectivity index (χ0v) is 15.0. The van der Waals surface area contributed by atoms with Crippen LogP contribution in [0.4, 0.5) is 5.69 Å². The van der Waals surface area contributed by atoms with Gasteiger partial charge in [0, 0.05) is 29.7 Å². The van der Waals surface area contributed by atoms with Gasteiger partial charge in [-0.2, -0.15) is 0 Å². The molecule has 0 saturated heterocycles. The molecular formula is C19H19ClN2O4. The summed E-state index contributed by atoms with van der Waals surface area (Å²) >= 11 is 5.97. The third kappa shape index (κ3) is 4.46. The average molecular weight is 375 g/mol. The van der Waals surface area contributed by atoms with E-state index in [-0.39, 0.29) is 18.4 Å². The second kappa shape index (κ2) is 8.10. The van der Waals surface area contributed by atoms with Gasteiger partial charge >= 0.3 is 0 Å². The monoisotopic (exact) mass is 374 g/mol. The molecule has 1 unspecified atom stereocenters. The topological polar surface area (TPSA) is 76.7 Å². The standard InChI is InChI=1S/C19H19ClN2O4/c1-2-21-18(23)11-25-15-5-3-4-14(10-15)22-19(24)17-9-12-8-13(20)6-7-16(12)26-17/h3-8,10,17H,2,9,11H2,1H3,(H,21,23)(H,22,24). The Hall–Kier alpha value is -2.73. The molecule has 136 valence electrons. The molecule has 2 amide bonds. The highest BCUT2D eigenvalue weighted by molar-refractivity contribution is 6.30. The predicted molar refractivity (Wildman–Crippen MR) is 98.8 cm³/mol. The summed E-state index contributed by atoms with van der Waals surface area (Å²) in [5, 5.41) is 6.08. The van der Waals surface area contributed by atoms with Crippen molar-refractivity contribution in [2.24, 2.45) is 0 Å². The van der Waals surface area contributed by atoms with Crippen molar-refractivity contribution in [1.29, 1.82) is 0 Å². The van der Waals surface area contributed by atoms with Gasteiger partial charge in [0.1, 0.15) is 11.5 Å². The fourth-order valence-corrected chi connectivity index (χ4v) is 2.84. The van der Waals surface area contributed by atoms with Gasteiger partial charge in [0.2, 0.25) is 0 Å². The van der Waals surface area contributed by atoms with Gasteiger partial charge < -0.3 is 20.1 Å². The molecule has 6 nitrogen and oxygen atoms in total. The fraction of sp³-hybridized carbons (Fsp3) is 0.263. The van der Waals surface area contributed by atoms with Crippen LogP contribution in [0.15, 0.2) is 42.5 Å². The number of rotatable bonds is 6. The molecule has 0 aromatic heterocycles. The second-order valence-electron chi connectivity index (χ2n) is 5.82. The number of amides is 2. The molecule has 1 atom stereocenters. The smallest absolute Gasteiger partial charge is 0.265 e. The molecule has 3 rings (SSSR count). The van der Waals surface area contributed by atoms with Crippen LogP contribution in [0.25, 0.3) is 0 Å². The molecule has 0 bridgehead atoms. The molecule has 7 heteroatoms. The maximum absolute atomic E-state index is 12.5. The van der Waals surface area contributed by atoms with Gasteiger partial charge in [0.05, 0.1) is 0 Å². The van der Waals surface area contributed by atoms with Crippen LogP contribution in [0.2, 0.25) is 5.02 Å². The van der Waals surface area contributed by atoms with Crippen molar-refractivity contribution in [3.63, 3.8) is 0 Å². The van der Waals surface area contributed by atoms with E-state index < -0.39 is 6.10 Å². The number of benzene rings is 2. The van der Waals surface area contributed by atoms with Crippen molar-refractivity contribution in [3.8, 4) is 11.5 Å². The first-order valence-corrected chi connectivity index (χ1v) is 8.68. The van der Waals surface area contributed by atoms with E-state index in [0.29, 0.717) is 35.2 Å². The minimum absolute atomic E-state index is 0.0763. The average Bonchev–Trinajstić information content (AvgIpc) is 3.04. The van der Waals surface area contributed by atoms with Crippen LogP contribution in [-0.2, 0) is 16.0 Å². The van der Waals surface area contributed by atoms with Crippen molar-refractivity contribution >= 4 is 29.1 Å². The Morgan fingerprint density at radius 3 is 2.92 bits per heavy atom. The number of fused-ring (bicyclic) bond motifs is 1. The normalized spacial score (nSPS) is 14.9. The van der Waals surface area contributed by atoms with Crippen LogP contribution >= 0.6 is 11.6 Å². The quantitative estimate of drug-likeness (QED) is 0.815. The molecule has 0 spiro atoms. The maximum Gasteiger partial charge on any atom is 0.265 e. The Labute approximate surface area is 156 Å². The van der Waals surface area contributed by atoms with Crippen LogP contribution in [0.1, 0.15) is 12.5 Å². The van der Waals surface area contributed by atoms with E-state index in [1.807, 2.05) is 6.92 Å². The SMILES string of the molecule is CCNC(=O)COc1cccc(NC(=O)C2Cc3cc(Cl)ccc3O2)c1. The van der Waals surface area contributed by atoms with Gasteiger partial charge in [0.15, 0.2) is 12.7 Å². The Morgan fingerprint density at radius 2 is 2.12 bits per heavy atom. The molecule has 2 aromatic carbocycles. The maximum atomic E-state index is 12.5. The van der Waals surface area contributed by atoms with Crippen LogP contribution < -0.4 is 20.1 Å². The summed E-state index contributed by atoms with van der Waals surface area (Å²) in [5.41, 5.74) is 1.48. The molecule has 0 fully saturated rings. The lowest BCUT2D eigenvalue weighted by Gasteiger charge is -2.12. The zero-order valence-electron chi connectivity index (χ0n) is 14.3. The summed E-state index contributed by atoms with van der Waals surface area (Å²) in [6.45, 7) is 2.31. The van der Waals surface area contributed by atoms with E-state index in [0.717, 1.165) is 5.56 Å². The largest absolute Gasteiger partial charge is 0.484 e. The van der Waals surface area contributed by atoms with Gasteiger partial charge in [-0.15, -0.1) is 0 Å². The molecule has 1 aliphatic heterocycles. The van der Waals surface area contributed by atoms with E-state index in [1.54, 1.807) is 42.5 Å². The summed E-state index contributed by atoms with van der Waals surface area (Å²) in [6, 6.07) is 12.2. The molecule has 2 N–H and O–H groups in total. The molecule has 0 aliphatic carbocycles. The van der Waals surface area contributed by atoms with Crippen molar-refractivity contribution in [2.45, 2.75) is 19.4 Å². The first kappa shape index (κ1) is 18.1. The number of likely N-dealkylation sites (N-methyl/N-ethyl adjacent to an activating group) is 1. The second-order valence-corrected chi connectivity index (χ2v) is 6.26. The van der Waals surface area contributed by atoms with E-state index in [4.69, 9.17) is 21.1 Å². The summed E-state index contributed by atoms with van der Waals surface area (Å²) in [5.74, 6) is 0.723. The summed E-state index contributed by atoms with van der Waals surface area (Å²) < 4.78 is 11.1. The highest BCUT2D eigenvalue weighted by Crippen LogP contribution is 2.31. The Bertz CT molecular complexity index is 825. The van der Waals surface area contributed by atoms with Crippen molar-refractivity contribution in [3.05, 3.63) is 53.1 Å². The number of ether oxygens (including phenoxy) is 2. The summed E-state index contributed by atoms with van der Waals surface area (Å²) in [4.78, 5) is 23.9. The molecule has 26 heavy (non-hydrogen) atoms. The molecular weight excluding hydrogens is 356 g/mol. The number of nitrogens with one attached hydrogen (secondary N) is 2. The van der Waals surface area contributed by atoms with Crippen LogP contribution in [0, 0.1) is 0 Å². The summed E-state index contributed by atoms with van der Waals surface area (Å²) in [7, 11) is 0. The third-order valence-electron chi connectivity index (χ3n) is 3.83. The van der Waals surface area contributed by atoms with Crippen molar-refractivity contribution in [1.82, 2.24) is 5.32 Å². The van der Waals surface area contributed by atoms with E-state index >= 15 is 0 Å². The fourth-order valence-electron chi connectivity index (χ4n) is 2.65. The molecule has 0 saturated carbocycles. The first-order valence-electron chi connectivity index (χ1n) is 8.30. The third-order valence-corrected chi connectivity index (χ3v) is 4.07. The zero-order chi connectivity index (χ0) is 18.5. The summed E-state index contributed by atoms with van der Waals surface area (Å²) in [6.07, 6.45) is -0.141. The van der Waals surface area contributed by atoms with Gasteiger partial charge in [-0.05, 0) is 42.8 Å². The first-order chi connectivity index (χ1) is 12.5. The number of carbonyl (C=O) groups is 2. The minimum Gasteiger partial charge on any atom is -0.484 e. The highest BCUT2D eigenvalue weighted by atomic mass is 35.5. The number of carbonyl (C=O) groups excluding carboxylic acids is 2. The van der Waals surface area contributed by atoms with Crippen LogP contribution in [0.5, 0.6) is 11.5 Å². The number of anilines is 1. The van der Waals surface area contributed by atoms with E-state index in [2.05, 4.69) is 10.6 Å². The van der Waals surface area contributed by atoms with Crippen LogP contribution in [-0.4, -0.2) is 31.1 Å². The van der Waals surface area contributed by atoms with Gasteiger partial charge in [-0.1, -0.05) is 17.7 Å². The predicted octanol–water partition coefficient (Wildman–Crippen LogP) is 2.80. The number of hydrogen-bond donors (Lipinski definition) is 2. The van der Waals surface area contributed by atoms with E-state index in [9.17, 15) is 9.59 Å². The molecule has 2 aromatic rings. The van der Waals surface area contributed by atoms with Crippen molar-refractivity contribution in [2.75, 3.05) is 18.5 Å². The van der Waals surface area contributed by atoms with Gasteiger partial charge in [0.25, 0.3) is 11.8 Å². The minimum atomic E-state index is -0.608. The lowest BCUT2D eigenvalue weighted by atomic mass is 10.1. The lowest BCUT2D eigenvalue weighted by molar-refractivity contribution is -0.123. The number of halogens is 1. The molecule has 1 heterocycles.